The van der Waals surface area contributed by atoms with Crippen LogP contribution < -0.4 is 20.3 Å². The molecule has 0 aliphatic carbocycles. The van der Waals surface area contributed by atoms with E-state index < -0.39 is 5.92 Å². The average molecular weight is 486 g/mol. The Bertz CT molecular complexity index is 1230. The summed E-state index contributed by atoms with van der Waals surface area (Å²) in [6.45, 7) is 4.77. The molecule has 0 radical (unpaired) electrons. The van der Waals surface area contributed by atoms with Gasteiger partial charge in [-0.2, -0.15) is 0 Å². The van der Waals surface area contributed by atoms with Crippen LogP contribution in [0.25, 0.3) is 0 Å². The van der Waals surface area contributed by atoms with E-state index >= 15 is 0 Å². The minimum atomic E-state index is -0.438. The first-order valence-corrected chi connectivity index (χ1v) is 12.1. The number of aromatic amines is 1. The molecular weight excluding hydrogens is 462 g/mol. The third-order valence-corrected chi connectivity index (χ3v) is 6.34. The van der Waals surface area contributed by atoms with Gasteiger partial charge in [0.2, 0.25) is 5.91 Å². The van der Waals surface area contributed by atoms with Crippen LogP contribution in [0.5, 0.6) is 11.5 Å². The Hall–Kier alpha value is -2.97. The van der Waals surface area contributed by atoms with E-state index in [0.717, 1.165) is 11.1 Å². The average Bonchev–Trinajstić information content (AvgIpc) is 2.78. The highest BCUT2D eigenvalue weighted by atomic mass is 35.5. The predicted octanol–water partition coefficient (Wildman–Crippen LogP) is 4.99. The molecule has 0 unspecified atom stereocenters. The van der Waals surface area contributed by atoms with Gasteiger partial charge in [-0.15, -0.1) is 0 Å². The number of H-pyrrole nitrogens is 1. The number of benzene rings is 2. The van der Waals surface area contributed by atoms with E-state index in [1.807, 2.05) is 56.3 Å². The van der Waals surface area contributed by atoms with Crippen molar-refractivity contribution in [1.29, 1.82) is 0 Å². The van der Waals surface area contributed by atoms with Crippen molar-refractivity contribution < 1.29 is 14.3 Å². The first kappa shape index (κ1) is 23.2. The van der Waals surface area contributed by atoms with Crippen LogP contribution in [-0.2, 0) is 10.5 Å². The monoisotopic (exact) mass is 485 g/mol. The molecule has 172 valence electrons. The van der Waals surface area contributed by atoms with Crippen LogP contribution >= 0.6 is 23.4 Å². The lowest BCUT2D eigenvalue weighted by Gasteiger charge is -2.25. The number of thioether (sulfide) groups is 1. The molecular formula is C24H24ClN3O4S. The van der Waals surface area contributed by atoms with Gasteiger partial charge in [0.25, 0.3) is 5.56 Å². The zero-order valence-corrected chi connectivity index (χ0v) is 19.9. The van der Waals surface area contributed by atoms with Crippen molar-refractivity contribution in [3.05, 3.63) is 74.5 Å². The highest BCUT2D eigenvalue weighted by Gasteiger charge is 2.31. The Kier molecular flexibility index (Phi) is 7.25. The molecule has 9 heteroatoms. The second-order valence-corrected chi connectivity index (χ2v) is 8.83. The van der Waals surface area contributed by atoms with Crippen LogP contribution in [0.2, 0.25) is 5.02 Å². The van der Waals surface area contributed by atoms with Crippen molar-refractivity contribution in [2.24, 2.45) is 0 Å². The van der Waals surface area contributed by atoms with Gasteiger partial charge in [-0.1, -0.05) is 41.6 Å². The van der Waals surface area contributed by atoms with Gasteiger partial charge < -0.3 is 19.8 Å². The van der Waals surface area contributed by atoms with Crippen LogP contribution in [0, 0.1) is 0 Å². The summed E-state index contributed by atoms with van der Waals surface area (Å²) in [6.07, 6.45) is 0.145. The van der Waals surface area contributed by atoms with Gasteiger partial charge in [0.05, 0.1) is 18.8 Å². The number of carbonyl (C=O) groups excluding carboxylic acids is 1. The summed E-state index contributed by atoms with van der Waals surface area (Å²) >= 11 is 7.42. The van der Waals surface area contributed by atoms with E-state index in [0.29, 0.717) is 52.0 Å². The Labute approximate surface area is 200 Å². The van der Waals surface area contributed by atoms with Gasteiger partial charge in [-0.3, -0.25) is 9.59 Å². The molecule has 0 fully saturated rings. The van der Waals surface area contributed by atoms with Crippen LogP contribution in [0.3, 0.4) is 0 Å². The third kappa shape index (κ3) is 5.34. The summed E-state index contributed by atoms with van der Waals surface area (Å²) in [5.74, 6) is 1.46. The summed E-state index contributed by atoms with van der Waals surface area (Å²) in [5, 5.41) is 3.84. The zero-order chi connectivity index (χ0) is 23.4. The number of nitrogens with one attached hydrogen (secondary N) is 2. The molecule has 2 aromatic carbocycles. The second kappa shape index (κ2) is 10.3. The Morgan fingerprint density at radius 1 is 1.09 bits per heavy atom. The van der Waals surface area contributed by atoms with Gasteiger partial charge in [-0.25, -0.2) is 4.98 Å². The van der Waals surface area contributed by atoms with Crippen molar-refractivity contribution in [2.75, 3.05) is 18.5 Å². The quantitative estimate of drug-likeness (QED) is 0.345. The fourth-order valence-electron chi connectivity index (χ4n) is 3.77. The summed E-state index contributed by atoms with van der Waals surface area (Å²) in [6, 6.07) is 13.0. The molecule has 1 atom stereocenters. The van der Waals surface area contributed by atoms with Crippen LogP contribution in [-0.4, -0.2) is 29.1 Å². The number of ether oxygens (including phenoxy) is 2. The maximum Gasteiger partial charge on any atom is 0.257 e. The fraction of sp³-hybridized carbons (Fsp3) is 0.292. The second-order valence-electron chi connectivity index (χ2n) is 7.43. The molecule has 0 saturated carbocycles. The van der Waals surface area contributed by atoms with Gasteiger partial charge in [0.15, 0.2) is 16.7 Å². The minimum Gasteiger partial charge on any atom is -0.490 e. The number of halogens is 1. The summed E-state index contributed by atoms with van der Waals surface area (Å²) in [4.78, 5) is 33.0. The van der Waals surface area contributed by atoms with E-state index in [-0.39, 0.29) is 17.9 Å². The molecule has 2 N–H and O–H groups in total. The predicted molar refractivity (Wildman–Crippen MR) is 130 cm³/mol. The molecule has 0 bridgehead atoms. The summed E-state index contributed by atoms with van der Waals surface area (Å²) < 4.78 is 11.4. The highest BCUT2D eigenvalue weighted by molar-refractivity contribution is 7.98. The smallest absolute Gasteiger partial charge is 0.257 e. The SMILES string of the molecule is CCOc1ccc([C@H]2CC(=O)Nc3nc(SCc4cccc(Cl)c4)[nH]c(=O)c32)cc1OCC. The minimum absolute atomic E-state index is 0.145. The Balaban J connectivity index is 1.65. The standard InChI is InChI=1S/C24H24ClN3O4S/c1-3-31-18-9-8-15(11-19(18)32-4-2)17-12-20(29)26-22-21(17)23(30)28-24(27-22)33-13-14-6-5-7-16(25)10-14/h5-11,17H,3-4,12-13H2,1-2H3,(H2,26,27,28,29,30)/t17-/m1/s1. The van der Waals surface area contributed by atoms with Gasteiger partial charge in [0, 0.05) is 23.1 Å². The van der Waals surface area contributed by atoms with Crippen molar-refractivity contribution in [1.82, 2.24) is 9.97 Å². The van der Waals surface area contributed by atoms with Crippen molar-refractivity contribution in [3.63, 3.8) is 0 Å². The molecule has 3 aromatic rings. The van der Waals surface area contributed by atoms with Crippen LogP contribution in [0.15, 0.2) is 52.4 Å². The maximum atomic E-state index is 13.1. The maximum absolute atomic E-state index is 13.1. The van der Waals surface area contributed by atoms with Crippen LogP contribution in [0.1, 0.15) is 42.9 Å². The first-order valence-electron chi connectivity index (χ1n) is 10.7. The lowest BCUT2D eigenvalue weighted by atomic mass is 9.86. The molecule has 1 aromatic heterocycles. The topological polar surface area (TPSA) is 93.3 Å². The fourth-order valence-corrected chi connectivity index (χ4v) is 4.78. The van der Waals surface area contributed by atoms with E-state index in [1.165, 1.54) is 11.8 Å². The summed E-state index contributed by atoms with van der Waals surface area (Å²) in [7, 11) is 0. The van der Waals surface area contributed by atoms with E-state index in [9.17, 15) is 9.59 Å². The molecule has 2 heterocycles. The molecule has 33 heavy (non-hydrogen) atoms. The number of anilines is 1. The van der Waals surface area contributed by atoms with E-state index in [2.05, 4.69) is 15.3 Å². The Morgan fingerprint density at radius 3 is 2.64 bits per heavy atom. The Morgan fingerprint density at radius 2 is 1.88 bits per heavy atom. The lowest BCUT2D eigenvalue weighted by molar-refractivity contribution is -0.116. The first-order chi connectivity index (χ1) is 16.0. The molecule has 7 nitrogen and oxygen atoms in total. The number of aromatic nitrogens is 2. The number of carbonyl (C=O) groups is 1. The van der Waals surface area contributed by atoms with E-state index in [4.69, 9.17) is 21.1 Å². The van der Waals surface area contributed by atoms with Crippen LogP contribution in [0.4, 0.5) is 5.82 Å². The summed E-state index contributed by atoms with van der Waals surface area (Å²) in [5.41, 5.74) is 1.97. The van der Waals surface area contributed by atoms with Gasteiger partial charge in [0.1, 0.15) is 5.82 Å². The molecule has 1 aliphatic heterocycles. The van der Waals surface area contributed by atoms with Crippen molar-refractivity contribution in [2.45, 2.75) is 37.1 Å². The lowest BCUT2D eigenvalue weighted by Crippen LogP contribution is -2.31. The molecule has 0 saturated heterocycles. The number of amides is 1. The highest BCUT2D eigenvalue weighted by Crippen LogP contribution is 2.38. The number of hydrogen-bond donors (Lipinski definition) is 2. The van der Waals surface area contributed by atoms with Gasteiger partial charge in [-0.05, 0) is 49.2 Å². The zero-order valence-electron chi connectivity index (χ0n) is 18.3. The number of fused-ring (bicyclic) bond motifs is 1. The van der Waals surface area contributed by atoms with E-state index in [1.54, 1.807) is 0 Å². The van der Waals surface area contributed by atoms with Crippen molar-refractivity contribution >= 4 is 35.1 Å². The number of nitrogens with zero attached hydrogens (tertiary/aromatic N) is 1. The largest absolute Gasteiger partial charge is 0.490 e. The molecule has 4 rings (SSSR count). The number of rotatable bonds is 8. The van der Waals surface area contributed by atoms with Crippen molar-refractivity contribution in [3.8, 4) is 11.5 Å². The third-order valence-electron chi connectivity index (χ3n) is 5.16. The van der Waals surface area contributed by atoms with Gasteiger partial charge >= 0.3 is 0 Å². The normalized spacial score (nSPS) is 15.0. The molecule has 1 amide bonds. The molecule has 1 aliphatic rings. The number of hydrogen-bond acceptors (Lipinski definition) is 6. The molecule has 0 spiro atoms.